The molecule has 50 heavy (non-hydrogen) atoms. The summed E-state index contributed by atoms with van der Waals surface area (Å²) in [5, 5.41) is 24.6. The summed E-state index contributed by atoms with van der Waals surface area (Å²) < 4.78 is 72.4. The van der Waals surface area contributed by atoms with Gasteiger partial charge in [-0.3, -0.25) is 13.9 Å². The molecule has 5 aliphatic rings. The highest BCUT2D eigenvalue weighted by molar-refractivity contribution is 8.07. The molecule has 4 aromatic rings. The number of hydrogen-bond acceptors (Lipinski definition) is 19. The van der Waals surface area contributed by atoms with E-state index in [4.69, 9.17) is 56.5 Å². The van der Waals surface area contributed by atoms with E-state index in [-0.39, 0.29) is 25.6 Å². The third-order valence-electron chi connectivity index (χ3n) is 8.72. The largest absolute Gasteiger partial charge is 0.385 e. The number of aromatic nitrogens is 8. The maximum absolute atomic E-state index is 16.3. The van der Waals surface area contributed by atoms with Crippen molar-refractivity contribution in [2.24, 2.45) is 0 Å². The van der Waals surface area contributed by atoms with Crippen molar-refractivity contribution in [3.63, 3.8) is 0 Å². The van der Waals surface area contributed by atoms with Crippen LogP contribution in [0.4, 0.5) is 16.0 Å². The van der Waals surface area contributed by atoms with Crippen LogP contribution in [0.5, 0.6) is 0 Å². The summed E-state index contributed by atoms with van der Waals surface area (Å²) in [4.78, 5) is 33.5. The number of nitrogens with zero attached hydrogens (tertiary/aromatic N) is 8. The van der Waals surface area contributed by atoms with Crippen LogP contribution in [0, 0.1) is 0 Å². The van der Waals surface area contributed by atoms with Gasteiger partial charge in [0.2, 0.25) is 7.57 Å². The van der Waals surface area contributed by atoms with E-state index in [1.807, 2.05) is 0 Å². The van der Waals surface area contributed by atoms with Gasteiger partial charge in [0.1, 0.15) is 61.4 Å². The van der Waals surface area contributed by atoms with Gasteiger partial charge in [-0.05, 0) is 11.8 Å². The Morgan fingerprint density at radius 1 is 0.940 bits per heavy atom. The van der Waals surface area contributed by atoms with Gasteiger partial charge in [-0.15, -0.1) is 0 Å². The molecule has 3 fully saturated rings. The molecule has 9 heterocycles. The summed E-state index contributed by atoms with van der Waals surface area (Å²) >= 11 is 5.30. The van der Waals surface area contributed by atoms with E-state index in [1.54, 1.807) is 0 Å². The van der Waals surface area contributed by atoms with Crippen molar-refractivity contribution in [3.8, 4) is 0 Å². The van der Waals surface area contributed by atoms with Crippen molar-refractivity contribution < 1.29 is 56.1 Å². The zero-order valence-electron chi connectivity index (χ0n) is 25.4. The Kier molecular flexibility index (Phi) is 8.19. The number of fused-ring (bicyclic) bond motifs is 2. The molecule has 0 bridgehead atoms. The van der Waals surface area contributed by atoms with Crippen molar-refractivity contribution in [3.05, 3.63) is 24.0 Å². The second-order valence-electron chi connectivity index (χ2n) is 11.8. The number of hydrogen-bond donors (Lipinski definition) is 4. The molecule has 2 radical (unpaired) electrons. The first-order chi connectivity index (χ1) is 24.1. The lowest BCUT2D eigenvalue weighted by molar-refractivity contribution is -0.0613. The van der Waals surface area contributed by atoms with Gasteiger partial charge in [0.05, 0.1) is 42.9 Å². The van der Waals surface area contributed by atoms with Crippen LogP contribution in [0.3, 0.4) is 0 Å². The van der Waals surface area contributed by atoms with E-state index in [0.717, 1.165) is 0 Å². The Morgan fingerprint density at radius 3 is 2.44 bits per heavy atom. The van der Waals surface area contributed by atoms with Crippen LogP contribution in [-0.4, -0.2) is 120 Å². The predicted molar refractivity (Wildman–Crippen MR) is 167 cm³/mol. The first kappa shape index (κ1) is 33.0. The van der Waals surface area contributed by atoms with Gasteiger partial charge in [-0.2, -0.15) is 10.2 Å². The molecule has 264 valence electrons. The second-order valence-corrected chi connectivity index (χ2v) is 16.1. The molecule has 0 aromatic carbocycles. The second kappa shape index (κ2) is 12.4. The Labute approximate surface area is 286 Å². The highest BCUT2D eigenvalue weighted by Gasteiger charge is 2.54. The normalized spacial score (nSPS) is 37.5. The number of aliphatic hydroxyl groups excluding tert-OH is 1. The SMILES string of the molecule is [B]P1(=O)OC[C@H]2O[C@@H](n3nc4c5c(ncnc53)NOCC4)C(O)C2OP(O)(=S)OC[C@H]2O[C@@H](n3nc4c5c(ncnc53)NCOC4)C(F)C2O1. The minimum atomic E-state index is -4.57. The number of rotatable bonds is 2. The molecular formula is C24H26BFN10O11P2S. The monoisotopic (exact) mass is 754 g/mol. The molecule has 5 aliphatic heterocycles. The summed E-state index contributed by atoms with van der Waals surface area (Å²) in [6, 6.07) is 0. The van der Waals surface area contributed by atoms with Gasteiger partial charge in [0.25, 0.3) is 7.47 Å². The fraction of sp³-hybridized carbons (Fsp3) is 0.583. The number of anilines is 2. The molecule has 9 rings (SSSR count). The average Bonchev–Trinajstić information content (AvgIpc) is 3.71. The first-order valence-corrected chi connectivity index (χ1v) is 19.4. The molecule has 6 unspecified atom stereocenters. The van der Waals surface area contributed by atoms with E-state index in [2.05, 4.69) is 40.9 Å². The third-order valence-corrected chi connectivity index (χ3v) is 11.3. The van der Waals surface area contributed by atoms with E-state index < -0.39 is 76.6 Å². The molecule has 4 aromatic heterocycles. The summed E-state index contributed by atoms with van der Waals surface area (Å²) in [6.45, 7) is -4.89. The van der Waals surface area contributed by atoms with Gasteiger partial charge in [-0.25, -0.2) is 39.2 Å². The van der Waals surface area contributed by atoms with Crippen molar-refractivity contribution >= 4 is 67.3 Å². The number of aliphatic hydroxyl groups is 1. The summed E-state index contributed by atoms with van der Waals surface area (Å²) in [6.07, 6.45) is -9.09. The molecule has 26 heteroatoms. The number of alkyl halides is 1. The molecule has 3 saturated heterocycles. The third kappa shape index (κ3) is 5.63. The Bertz CT molecular complexity index is 1940. The van der Waals surface area contributed by atoms with Crippen LogP contribution in [0.25, 0.3) is 22.1 Å². The molecule has 4 N–H and O–H groups in total. The maximum atomic E-state index is 16.3. The molecule has 21 nitrogen and oxygen atoms in total. The van der Waals surface area contributed by atoms with Gasteiger partial charge in [-0.1, -0.05) is 0 Å². The minimum absolute atomic E-state index is 0.0828. The standard InChI is InChI=1S/C24H26BFN10O11P2S/c25-48(38)42-4-12-18(16(37)24(45-12)36-21-13-9(32-36)1-2-41-34-20(13)28-7-30-21)47-49(39,50)43-5-11-17(46-48)15(26)23(44-11)35-22-14-10(33-35)3-40-8-31-19(14)27-6-29-22/h6-7,11-12,15-18,23-24,37H,1-5,8H2,(H,39,50)(H,27,29,31)(H,28,30,34)/t11-,12-,15?,16?,17?,18?,23-,24-,48?,49?/m1/s1. The molecule has 0 spiro atoms. The lowest BCUT2D eigenvalue weighted by Gasteiger charge is -2.30. The van der Waals surface area contributed by atoms with Gasteiger partial charge < -0.3 is 43.1 Å². The smallest absolute Gasteiger partial charge is 0.325 e. The van der Waals surface area contributed by atoms with Gasteiger partial charge in [0, 0.05) is 6.42 Å². The predicted octanol–water partition coefficient (Wildman–Crippen LogP) is 0.270. The summed E-state index contributed by atoms with van der Waals surface area (Å²) in [5.74, 6) is 0.803. The molecule has 0 amide bonds. The van der Waals surface area contributed by atoms with E-state index >= 15 is 4.39 Å². The van der Waals surface area contributed by atoms with Crippen LogP contribution < -0.4 is 10.8 Å². The maximum Gasteiger partial charge on any atom is 0.325 e. The summed E-state index contributed by atoms with van der Waals surface area (Å²) in [5.41, 5.74) is 4.27. The van der Waals surface area contributed by atoms with Crippen molar-refractivity contribution in [2.75, 3.05) is 37.3 Å². The Morgan fingerprint density at radius 2 is 1.62 bits per heavy atom. The average molecular weight is 754 g/mol. The lowest BCUT2D eigenvalue weighted by atomic mass is 10.1. The Balaban J connectivity index is 1.00. The Hall–Kier alpha value is -2.83. The van der Waals surface area contributed by atoms with Crippen molar-refractivity contribution in [2.45, 2.75) is 62.2 Å². The highest BCUT2D eigenvalue weighted by atomic mass is 32.5. The van der Waals surface area contributed by atoms with E-state index in [1.165, 1.54) is 22.0 Å². The van der Waals surface area contributed by atoms with Gasteiger partial charge >= 0.3 is 6.72 Å². The molecule has 0 aliphatic carbocycles. The van der Waals surface area contributed by atoms with E-state index in [9.17, 15) is 14.6 Å². The van der Waals surface area contributed by atoms with Crippen LogP contribution in [-0.2, 0) is 66.5 Å². The van der Waals surface area contributed by atoms with Gasteiger partial charge in [0.15, 0.2) is 35.7 Å². The van der Waals surface area contributed by atoms with Crippen LogP contribution in [0.15, 0.2) is 12.7 Å². The van der Waals surface area contributed by atoms with Crippen LogP contribution in [0.2, 0.25) is 0 Å². The lowest BCUT2D eigenvalue weighted by Crippen LogP contribution is -2.38. The topological polar surface area (TPSA) is 243 Å². The number of ether oxygens (including phenoxy) is 3. The summed E-state index contributed by atoms with van der Waals surface area (Å²) in [7, 11) is 1.40. The van der Waals surface area contributed by atoms with Crippen molar-refractivity contribution in [1.82, 2.24) is 39.5 Å². The first-order valence-electron chi connectivity index (χ1n) is 15.2. The zero-order chi connectivity index (χ0) is 34.4. The minimum Gasteiger partial charge on any atom is -0.385 e. The quantitative estimate of drug-likeness (QED) is 0.159. The fourth-order valence-corrected chi connectivity index (χ4v) is 8.98. The van der Waals surface area contributed by atoms with Crippen LogP contribution in [0.1, 0.15) is 23.8 Å². The fourth-order valence-electron chi connectivity index (χ4n) is 6.53. The van der Waals surface area contributed by atoms with E-state index in [0.29, 0.717) is 45.9 Å². The highest BCUT2D eigenvalue weighted by Crippen LogP contribution is 2.54. The molecule has 10 atom stereocenters. The van der Waals surface area contributed by atoms with Crippen LogP contribution >= 0.6 is 14.2 Å². The number of nitrogens with one attached hydrogen (secondary N) is 2. The molecule has 0 saturated carbocycles. The zero-order valence-corrected chi connectivity index (χ0v) is 28.0. The van der Waals surface area contributed by atoms with Crippen molar-refractivity contribution in [1.29, 1.82) is 0 Å². The number of halogens is 1. The molecular weight excluding hydrogens is 728 g/mol.